The molecule has 0 spiro atoms. The van der Waals surface area contributed by atoms with Crippen molar-refractivity contribution >= 4 is 52.3 Å². The molecular formula is C24H35N6O4PS2. The van der Waals surface area contributed by atoms with Gasteiger partial charge in [0, 0.05) is 25.3 Å². The van der Waals surface area contributed by atoms with Crippen molar-refractivity contribution < 1.29 is 13.8 Å². The molecule has 10 nitrogen and oxygen atoms in total. The van der Waals surface area contributed by atoms with Gasteiger partial charge in [-0.3, -0.25) is 14.3 Å². The lowest BCUT2D eigenvalue weighted by Crippen LogP contribution is -2.39. The van der Waals surface area contributed by atoms with Crippen LogP contribution in [0.25, 0.3) is 11.2 Å². The van der Waals surface area contributed by atoms with Gasteiger partial charge in [0.05, 0.1) is 31.0 Å². The molecule has 0 aromatic carbocycles. The van der Waals surface area contributed by atoms with Crippen LogP contribution >= 0.6 is 17.1 Å². The van der Waals surface area contributed by atoms with Crippen LogP contribution in [0.3, 0.4) is 0 Å². The minimum atomic E-state index is -2.56. The number of nitrogens with zero attached hydrogens (tertiary/aromatic N) is 5. The minimum absolute atomic E-state index is 0.0307. The molecule has 0 unspecified atom stereocenters. The van der Waals surface area contributed by atoms with E-state index < -0.39 is 5.69 Å². The van der Waals surface area contributed by atoms with E-state index in [-0.39, 0.29) is 46.3 Å². The largest absolute Gasteiger partial charge is 0.369 e. The highest BCUT2D eigenvalue weighted by Gasteiger charge is 2.54. The van der Waals surface area contributed by atoms with Crippen LogP contribution in [-0.2, 0) is 25.6 Å². The summed E-state index contributed by atoms with van der Waals surface area (Å²) in [4.78, 5) is 30.1. The van der Waals surface area contributed by atoms with Gasteiger partial charge in [0.1, 0.15) is 6.23 Å². The summed E-state index contributed by atoms with van der Waals surface area (Å²) in [5, 5.41) is 0. The first-order chi connectivity index (χ1) is 17.5. The minimum Gasteiger partial charge on any atom is -0.369 e. The first-order valence-corrected chi connectivity index (χ1v) is 16.7. The molecule has 2 saturated heterocycles. The Bertz CT molecular complexity index is 1330. The Hall–Kier alpha value is -1.56. The lowest BCUT2D eigenvalue weighted by Gasteiger charge is -2.37. The van der Waals surface area contributed by atoms with Gasteiger partial charge >= 0.3 is 0 Å². The van der Waals surface area contributed by atoms with Crippen molar-refractivity contribution in [2.24, 2.45) is 10.9 Å². The molecule has 202 valence electrons. The lowest BCUT2D eigenvalue weighted by atomic mass is 9.77. The molecule has 0 radical (unpaired) electrons. The summed E-state index contributed by atoms with van der Waals surface area (Å²) in [6, 6.07) is 0. The Morgan fingerprint density at radius 1 is 1.51 bits per heavy atom. The van der Waals surface area contributed by atoms with Crippen molar-refractivity contribution in [2.45, 2.75) is 82.2 Å². The molecule has 1 saturated carbocycles. The van der Waals surface area contributed by atoms with Gasteiger partial charge in [-0.15, -0.1) is 0 Å². The van der Waals surface area contributed by atoms with Crippen LogP contribution in [0.5, 0.6) is 0 Å². The van der Waals surface area contributed by atoms with Crippen LogP contribution in [-0.4, -0.2) is 67.9 Å². The zero-order chi connectivity index (χ0) is 26.5. The number of nitrogens with one attached hydrogen (secondary N) is 1. The van der Waals surface area contributed by atoms with Crippen LogP contribution in [0, 0.1) is 5.92 Å². The summed E-state index contributed by atoms with van der Waals surface area (Å²) in [5.74, 6) is 0.681. The molecular weight excluding hydrogens is 531 g/mol. The van der Waals surface area contributed by atoms with Gasteiger partial charge < -0.3 is 18.7 Å². The Labute approximate surface area is 226 Å². The number of H-pyrrole nitrogens is 1. The highest BCUT2D eigenvalue weighted by atomic mass is 32.9. The van der Waals surface area contributed by atoms with E-state index in [1.807, 2.05) is 14.1 Å². The number of ether oxygens (including phenoxy) is 1. The van der Waals surface area contributed by atoms with Crippen molar-refractivity contribution in [2.75, 3.05) is 14.1 Å². The highest BCUT2D eigenvalue weighted by molar-refractivity contribution is 8.68. The molecule has 13 heteroatoms. The predicted octanol–water partition coefficient (Wildman–Crippen LogP) is 4.92. The molecule has 0 amide bonds. The van der Waals surface area contributed by atoms with Gasteiger partial charge in [0.15, 0.2) is 11.2 Å². The maximum absolute atomic E-state index is 12.6. The van der Waals surface area contributed by atoms with E-state index in [1.165, 1.54) is 5.57 Å². The molecule has 1 aliphatic carbocycles. The van der Waals surface area contributed by atoms with E-state index in [0.717, 1.165) is 25.7 Å². The van der Waals surface area contributed by atoms with Crippen molar-refractivity contribution in [3.8, 4) is 0 Å². The summed E-state index contributed by atoms with van der Waals surface area (Å²) in [5.41, 5.74) is -1.02. The summed E-state index contributed by atoms with van der Waals surface area (Å²) in [7, 11) is 3.69. The summed E-state index contributed by atoms with van der Waals surface area (Å²) >= 11 is 7.77. The maximum atomic E-state index is 12.6. The monoisotopic (exact) mass is 566 g/mol. The van der Waals surface area contributed by atoms with Gasteiger partial charge in [-0.25, -0.2) is 9.98 Å². The van der Waals surface area contributed by atoms with Gasteiger partial charge in [-0.1, -0.05) is 30.5 Å². The average Bonchev–Trinajstić information content (AvgIpc) is 3.49. The molecule has 3 aliphatic rings. The Morgan fingerprint density at radius 3 is 3.00 bits per heavy atom. The summed E-state index contributed by atoms with van der Waals surface area (Å²) in [6.07, 6.45) is 6.91. The second-order valence-corrected chi connectivity index (χ2v) is 17.2. The first kappa shape index (κ1) is 27.0. The first-order valence-electron chi connectivity index (χ1n) is 12.7. The number of imidazole rings is 1. The molecule has 1 N–H and O–H groups in total. The maximum Gasteiger partial charge on any atom is 0.280 e. The van der Waals surface area contributed by atoms with E-state index in [4.69, 9.17) is 25.6 Å². The van der Waals surface area contributed by atoms with Gasteiger partial charge in [0.2, 0.25) is 11.6 Å². The zero-order valence-electron chi connectivity index (χ0n) is 21.9. The van der Waals surface area contributed by atoms with Crippen molar-refractivity contribution in [1.29, 1.82) is 0 Å². The topological polar surface area (TPSA) is 107 Å². The Balaban J connectivity index is 1.36. The fourth-order valence-corrected chi connectivity index (χ4v) is 12.9. The molecule has 5 rings (SSSR count). The third kappa shape index (κ3) is 5.33. The van der Waals surface area contributed by atoms with Crippen LogP contribution in [0.4, 0.5) is 5.95 Å². The van der Waals surface area contributed by atoms with Crippen LogP contribution in [0.1, 0.15) is 59.1 Å². The smallest absolute Gasteiger partial charge is 0.280 e. The Morgan fingerprint density at radius 2 is 2.30 bits per heavy atom. The molecule has 2 aromatic heterocycles. The molecule has 7 atom stereocenters. The number of allylic oxidation sites excluding steroid dienone is 1. The number of fused-ring (bicyclic) bond motifs is 2. The number of aliphatic imine (C=N–C) groups is 1. The van der Waals surface area contributed by atoms with Crippen LogP contribution in [0.15, 0.2) is 28.3 Å². The average molecular weight is 567 g/mol. The summed E-state index contributed by atoms with van der Waals surface area (Å²) in [6.45, 7) is 10.6. The molecule has 4 heterocycles. The summed E-state index contributed by atoms with van der Waals surface area (Å²) < 4.78 is 21.3. The van der Waals surface area contributed by atoms with E-state index in [2.05, 4.69) is 47.3 Å². The van der Waals surface area contributed by atoms with Crippen molar-refractivity contribution in [3.63, 3.8) is 0 Å². The van der Waals surface area contributed by atoms with Gasteiger partial charge in [-0.05, 0) is 57.3 Å². The third-order valence-corrected chi connectivity index (χ3v) is 13.2. The molecule has 2 aliphatic heterocycles. The normalized spacial score (nSPS) is 35.9. The highest BCUT2D eigenvalue weighted by Crippen LogP contribution is 2.76. The molecule has 0 bridgehead atoms. The van der Waals surface area contributed by atoms with Gasteiger partial charge in [-0.2, -0.15) is 4.98 Å². The van der Waals surface area contributed by atoms with Gasteiger partial charge in [0.25, 0.3) is 5.56 Å². The lowest BCUT2D eigenvalue weighted by molar-refractivity contribution is -0.0151. The molecule has 37 heavy (non-hydrogen) atoms. The number of rotatable bonds is 7. The second kappa shape index (κ2) is 10.2. The number of aromatic amines is 1. The van der Waals surface area contributed by atoms with E-state index in [1.54, 1.807) is 33.5 Å². The van der Waals surface area contributed by atoms with E-state index >= 15 is 0 Å². The van der Waals surface area contributed by atoms with E-state index in [0.29, 0.717) is 18.0 Å². The standard InChI is InChI=1S/C24H35N6O4PS2/c1-7-16-17(33-35(36)34-18-10-15(14(2)3)8-9-24(18,4)37-35)11-19(32-16)30-13-25-20-21(30)27-23(28-22(20)31)26-12-29(5)6/h12-13,15-19H,2,7-11H2,1,3-6H3,(H,27,28,31)/t15-,16-,17+,18+,19-,24+,35-/m1/s1. The zero-order valence-corrected chi connectivity index (χ0v) is 24.4. The number of hydrogen-bond acceptors (Lipinski definition) is 9. The fourth-order valence-electron chi connectivity index (χ4n) is 5.30. The van der Waals surface area contributed by atoms with Crippen molar-refractivity contribution in [1.82, 2.24) is 24.4 Å². The predicted molar refractivity (Wildman–Crippen MR) is 151 cm³/mol. The number of aromatic nitrogens is 4. The SMILES string of the molecule is C=C(C)[C@@H]1CC[C@]2(C)S[P@](=S)(O[C@H]3C[C@H](n4cnc5c(=O)[nH]c(N=CN(C)C)nc54)O[C@@H]3CC)O[C@H]2C1. The van der Waals surface area contributed by atoms with Crippen LogP contribution in [0.2, 0.25) is 0 Å². The quantitative estimate of drug-likeness (QED) is 0.216. The molecule has 3 fully saturated rings. The number of hydrogen-bond donors (Lipinski definition) is 1. The third-order valence-electron chi connectivity index (χ3n) is 7.43. The van der Waals surface area contributed by atoms with Crippen molar-refractivity contribution in [3.05, 3.63) is 28.8 Å². The fraction of sp³-hybridized carbons (Fsp3) is 0.667. The van der Waals surface area contributed by atoms with E-state index in [9.17, 15) is 4.79 Å². The second-order valence-electron chi connectivity index (χ2n) is 10.6. The van der Waals surface area contributed by atoms with Crippen LogP contribution < -0.4 is 5.56 Å². The Kier molecular flexibility index (Phi) is 7.45. The molecule has 2 aromatic rings.